The number of benzene rings is 2. The van der Waals surface area contributed by atoms with Crippen LogP contribution in [0, 0.1) is 12.8 Å². The maximum absolute atomic E-state index is 13.3. The lowest BCUT2D eigenvalue weighted by atomic mass is 9.97. The average Bonchev–Trinajstić information content (AvgIpc) is 3.30. The van der Waals surface area contributed by atoms with E-state index < -0.39 is 10.0 Å². The van der Waals surface area contributed by atoms with Crippen molar-refractivity contribution < 1.29 is 22.7 Å². The second-order valence-corrected chi connectivity index (χ2v) is 11.0. The molecule has 0 bridgehead atoms. The van der Waals surface area contributed by atoms with Gasteiger partial charge in [-0.15, -0.1) is 11.3 Å². The van der Waals surface area contributed by atoms with Gasteiger partial charge >= 0.3 is 0 Å². The number of sulfonamides is 1. The van der Waals surface area contributed by atoms with Gasteiger partial charge in [-0.25, -0.2) is 13.4 Å². The van der Waals surface area contributed by atoms with Gasteiger partial charge < -0.3 is 14.8 Å². The Morgan fingerprint density at radius 2 is 1.88 bits per heavy atom. The Kier molecular flexibility index (Phi) is 7.20. The second kappa shape index (κ2) is 10.1. The number of nitrogens with one attached hydrogen (secondary N) is 1. The van der Waals surface area contributed by atoms with Gasteiger partial charge in [0.2, 0.25) is 15.9 Å². The summed E-state index contributed by atoms with van der Waals surface area (Å²) in [7, 11) is -0.874. The van der Waals surface area contributed by atoms with E-state index >= 15 is 0 Å². The SMILES string of the molecule is COc1ccc(OC)c(S(=O)(=O)N2CCC(C(=O)Nc3cccc(-c4csc(C)n4)c3)CC2)c1. The molecule has 0 aliphatic carbocycles. The van der Waals surface area contributed by atoms with Crippen molar-refractivity contribution >= 4 is 33.0 Å². The fraction of sp³-hybridized carbons (Fsp3) is 0.333. The number of methoxy groups -OCH3 is 2. The number of carbonyl (C=O) groups excluding carboxylic acids is 1. The zero-order valence-electron chi connectivity index (χ0n) is 19.3. The number of aryl methyl sites for hydroxylation is 1. The van der Waals surface area contributed by atoms with Crippen molar-refractivity contribution in [2.75, 3.05) is 32.6 Å². The zero-order chi connectivity index (χ0) is 24.3. The molecule has 10 heteroatoms. The predicted molar refractivity (Wildman–Crippen MR) is 132 cm³/mol. The van der Waals surface area contributed by atoms with Crippen LogP contribution in [0.1, 0.15) is 17.8 Å². The molecular formula is C24H27N3O5S2. The highest BCUT2D eigenvalue weighted by Gasteiger charge is 2.34. The maximum Gasteiger partial charge on any atom is 0.246 e. The summed E-state index contributed by atoms with van der Waals surface area (Å²) in [4.78, 5) is 17.5. The van der Waals surface area contributed by atoms with Crippen molar-refractivity contribution in [2.45, 2.75) is 24.7 Å². The lowest BCUT2D eigenvalue weighted by Crippen LogP contribution is -2.41. The molecule has 34 heavy (non-hydrogen) atoms. The zero-order valence-corrected chi connectivity index (χ0v) is 20.9. The Bertz CT molecular complexity index is 1280. The Morgan fingerprint density at radius 3 is 2.53 bits per heavy atom. The third kappa shape index (κ3) is 5.08. The Hall–Kier alpha value is -2.95. The van der Waals surface area contributed by atoms with Crippen LogP contribution < -0.4 is 14.8 Å². The van der Waals surface area contributed by atoms with E-state index in [1.54, 1.807) is 23.5 Å². The number of nitrogens with zero attached hydrogens (tertiary/aromatic N) is 2. The molecule has 1 N–H and O–H groups in total. The molecule has 1 fully saturated rings. The van der Waals surface area contributed by atoms with Crippen LogP contribution in [0.2, 0.25) is 0 Å². The minimum Gasteiger partial charge on any atom is -0.497 e. The minimum atomic E-state index is -3.79. The molecule has 1 saturated heterocycles. The van der Waals surface area contributed by atoms with E-state index in [0.29, 0.717) is 24.3 Å². The Balaban J connectivity index is 1.42. The number of amides is 1. The van der Waals surface area contributed by atoms with Crippen molar-refractivity contribution in [1.82, 2.24) is 9.29 Å². The first-order chi connectivity index (χ1) is 16.3. The van der Waals surface area contributed by atoms with Gasteiger partial charge in [-0.2, -0.15) is 4.31 Å². The van der Waals surface area contributed by atoms with Crippen LogP contribution in [0.25, 0.3) is 11.3 Å². The summed E-state index contributed by atoms with van der Waals surface area (Å²) < 4.78 is 38.4. The van der Waals surface area contributed by atoms with E-state index in [1.807, 2.05) is 36.6 Å². The molecule has 2 aromatic carbocycles. The van der Waals surface area contributed by atoms with E-state index in [-0.39, 0.29) is 35.6 Å². The quantitative estimate of drug-likeness (QED) is 0.522. The van der Waals surface area contributed by atoms with Crippen molar-refractivity contribution in [3.8, 4) is 22.8 Å². The van der Waals surface area contributed by atoms with Crippen LogP contribution in [0.4, 0.5) is 5.69 Å². The van der Waals surface area contributed by atoms with Crippen LogP contribution in [0.3, 0.4) is 0 Å². The number of carbonyl (C=O) groups is 1. The van der Waals surface area contributed by atoms with E-state index in [1.165, 1.54) is 24.6 Å². The Morgan fingerprint density at radius 1 is 1.12 bits per heavy atom. The Labute approximate surface area is 203 Å². The number of rotatable bonds is 7. The van der Waals surface area contributed by atoms with E-state index in [2.05, 4.69) is 10.3 Å². The molecule has 4 rings (SSSR count). The smallest absolute Gasteiger partial charge is 0.246 e. The number of hydrogen-bond acceptors (Lipinski definition) is 7. The molecule has 180 valence electrons. The third-order valence-electron chi connectivity index (χ3n) is 5.86. The average molecular weight is 502 g/mol. The highest BCUT2D eigenvalue weighted by molar-refractivity contribution is 7.89. The molecule has 0 atom stereocenters. The molecule has 1 aliphatic rings. The molecule has 0 spiro atoms. The van der Waals surface area contributed by atoms with Crippen LogP contribution in [0.15, 0.2) is 52.7 Å². The van der Waals surface area contributed by atoms with Crippen molar-refractivity contribution in [3.05, 3.63) is 52.9 Å². The molecule has 1 aliphatic heterocycles. The third-order valence-corrected chi connectivity index (χ3v) is 8.55. The van der Waals surface area contributed by atoms with Gasteiger partial charge in [-0.05, 0) is 44.0 Å². The summed E-state index contributed by atoms with van der Waals surface area (Å²) in [6.45, 7) is 2.45. The number of aromatic nitrogens is 1. The highest BCUT2D eigenvalue weighted by Crippen LogP contribution is 2.33. The number of thiazole rings is 1. The monoisotopic (exact) mass is 501 g/mol. The van der Waals surface area contributed by atoms with Gasteiger partial charge in [0.25, 0.3) is 0 Å². The number of piperidine rings is 1. The number of ether oxygens (including phenoxy) is 2. The molecular weight excluding hydrogens is 474 g/mol. The molecule has 0 saturated carbocycles. The second-order valence-electron chi connectivity index (χ2n) is 8.02. The van der Waals surface area contributed by atoms with E-state index in [4.69, 9.17) is 9.47 Å². The van der Waals surface area contributed by atoms with Gasteiger partial charge in [-0.3, -0.25) is 4.79 Å². The summed E-state index contributed by atoms with van der Waals surface area (Å²) in [5.74, 6) is 0.311. The van der Waals surface area contributed by atoms with Crippen LogP contribution >= 0.6 is 11.3 Å². The van der Waals surface area contributed by atoms with Crippen molar-refractivity contribution in [3.63, 3.8) is 0 Å². The van der Waals surface area contributed by atoms with Crippen molar-refractivity contribution in [1.29, 1.82) is 0 Å². The lowest BCUT2D eigenvalue weighted by Gasteiger charge is -2.31. The van der Waals surface area contributed by atoms with Crippen LogP contribution in [-0.2, 0) is 14.8 Å². The minimum absolute atomic E-state index is 0.0614. The molecule has 0 unspecified atom stereocenters. The first kappa shape index (κ1) is 24.2. The first-order valence-electron chi connectivity index (χ1n) is 10.9. The fourth-order valence-electron chi connectivity index (χ4n) is 3.98. The van der Waals surface area contributed by atoms with Gasteiger partial charge in [-0.1, -0.05) is 12.1 Å². The predicted octanol–water partition coefficient (Wildman–Crippen LogP) is 4.18. The van der Waals surface area contributed by atoms with Gasteiger partial charge in [0.15, 0.2) is 0 Å². The van der Waals surface area contributed by atoms with Crippen LogP contribution in [-0.4, -0.2) is 50.9 Å². The van der Waals surface area contributed by atoms with Crippen LogP contribution in [0.5, 0.6) is 11.5 Å². The fourth-order valence-corrected chi connectivity index (χ4v) is 6.24. The lowest BCUT2D eigenvalue weighted by molar-refractivity contribution is -0.120. The summed E-state index contributed by atoms with van der Waals surface area (Å²) in [6.07, 6.45) is 0.866. The maximum atomic E-state index is 13.3. The summed E-state index contributed by atoms with van der Waals surface area (Å²) >= 11 is 1.58. The van der Waals surface area contributed by atoms with Gasteiger partial charge in [0, 0.05) is 41.7 Å². The van der Waals surface area contributed by atoms with E-state index in [0.717, 1.165) is 16.3 Å². The van der Waals surface area contributed by atoms with Gasteiger partial charge in [0.1, 0.15) is 16.4 Å². The molecule has 1 aromatic heterocycles. The normalized spacial score (nSPS) is 15.1. The highest BCUT2D eigenvalue weighted by atomic mass is 32.2. The molecule has 2 heterocycles. The van der Waals surface area contributed by atoms with E-state index in [9.17, 15) is 13.2 Å². The van der Waals surface area contributed by atoms with Gasteiger partial charge in [0.05, 0.1) is 24.9 Å². The number of hydrogen-bond donors (Lipinski definition) is 1. The number of anilines is 1. The summed E-state index contributed by atoms with van der Waals surface area (Å²) in [6, 6.07) is 12.3. The van der Waals surface area contributed by atoms with Crippen molar-refractivity contribution in [2.24, 2.45) is 5.92 Å². The first-order valence-corrected chi connectivity index (χ1v) is 13.2. The largest absolute Gasteiger partial charge is 0.497 e. The molecule has 8 nitrogen and oxygen atoms in total. The standard InChI is InChI=1S/C24H27N3O5S2/c1-16-25-21(15-33-16)18-5-4-6-19(13-18)26-24(28)17-9-11-27(12-10-17)34(29,30)23-14-20(31-2)7-8-22(23)32-3/h4-8,13-15,17H,9-12H2,1-3H3,(H,26,28). The molecule has 3 aromatic rings. The summed E-state index contributed by atoms with van der Waals surface area (Å²) in [5.41, 5.74) is 2.52. The topological polar surface area (TPSA) is 97.8 Å². The molecule has 1 amide bonds. The summed E-state index contributed by atoms with van der Waals surface area (Å²) in [5, 5.41) is 5.95. The molecule has 0 radical (unpaired) electrons.